The smallest absolute Gasteiger partial charge is 0.222 e. The first-order valence-electron chi connectivity index (χ1n) is 5.64. The Morgan fingerprint density at radius 2 is 2.06 bits per heavy atom. The Kier molecular flexibility index (Phi) is 4.35. The number of anilines is 1. The lowest BCUT2D eigenvalue weighted by molar-refractivity contribution is -0.120. The van der Waals surface area contributed by atoms with E-state index in [4.69, 9.17) is 5.73 Å². The lowest BCUT2D eigenvalue weighted by Crippen LogP contribution is -2.26. The molecule has 0 bridgehead atoms. The Labute approximate surface area is 97.0 Å². The van der Waals surface area contributed by atoms with Crippen molar-refractivity contribution in [1.82, 2.24) is 0 Å². The summed E-state index contributed by atoms with van der Waals surface area (Å²) in [6, 6.07) is 8.23. The molecule has 0 saturated heterocycles. The van der Waals surface area contributed by atoms with Crippen molar-refractivity contribution in [2.24, 2.45) is 11.7 Å². The van der Waals surface area contributed by atoms with E-state index in [0.29, 0.717) is 12.5 Å². The second kappa shape index (κ2) is 5.54. The van der Waals surface area contributed by atoms with Crippen LogP contribution in [-0.2, 0) is 4.79 Å². The summed E-state index contributed by atoms with van der Waals surface area (Å²) in [7, 11) is 0. The van der Waals surface area contributed by atoms with Gasteiger partial charge in [0.1, 0.15) is 0 Å². The highest BCUT2D eigenvalue weighted by atomic mass is 16.1. The summed E-state index contributed by atoms with van der Waals surface area (Å²) in [6.07, 6.45) is 0. The highest BCUT2D eigenvalue weighted by Gasteiger charge is 2.08. The predicted octanol–water partition coefficient (Wildman–Crippen LogP) is 2.34. The first kappa shape index (κ1) is 12.6. The van der Waals surface area contributed by atoms with E-state index in [1.807, 2.05) is 19.1 Å². The van der Waals surface area contributed by atoms with Gasteiger partial charge in [0.05, 0.1) is 5.92 Å². The molecule has 88 valence electrons. The summed E-state index contributed by atoms with van der Waals surface area (Å²) >= 11 is 0. The second-order valence-electron chi connectivity index (χ2n) is 4.46. The fourth-order valence-electron chi connectivity index (χ4n) is 1.38. The molecule has 0 spiro atoms. The van der Waals surface area contributed by atoms with E-state index in [1.165, 1.54) is 5.56 Å². The molecule has 0 heterocycles. The zero-order valence-electron chi connectivity index (χ0n) is 10.2. The van der Waals surface area contributed by atoms with Crippen molar-refractivity contribution in [3.8, 4) is 0 Å². The van der Waals surface area contributed by atoms with E-state index in [2.05, 4.69) is 31.3 Å². The lowest BCUT2D eigenvalue weighted by Gasteiger charge is -2.12. The molecule has 1 aromatic rings. The molecule has 0 aliphatic heterocycles. The molecule has 1 amide bonds. The Balaban J connectivity index is 2.60. The fraction of sp³-hybridized carbons (Fsp3) is 0.462. The molecule has 0 fully saturated rings. The summed E-state index contributed by atoms with van der Waals surface area (Å²) in [5.74, 6) is 0.0885. The molecule has 1 aromatic carbocycles. The van der Waals surface area contributed by atoms with Gasteiger partial charge in [-0.05, 0) is 23.6 Å². The van der Waals surface area contributed by atoms with Gasteiger partial charge in [0.25, 0.3) is 0 Å². The molecule has 1 unspecified atom stereocenters. The largest absolute Gasteiger partial charge is 0.384 e. The number of nitrogens with one attached hydrogen (secondary N) is 1. The molecule has 0 aliphatic carbocycles. The van der Waals surface area contributed by atoms with Crippen molar-refractivity contribution in [2.45, 2.75) is 26.7 Å². The van der Waals surface area contributed by atoms with Crippen LogP contribution in [0.25, 0.3) is 0 Å². The van der Waals surface area contributed by atoms with Crippen LogP contribution in [0.5, 0.6) is 0 Å². The number of carbonyl (C=O) groups is 1. The monoisotopic (exact) mass is 220 g/mol. The maximum absolute atomic E-state index is 10.9. The fourth-order valence-corrected chi connectivity index (χ4v) is 1.38. The van der Waals surface area contributed by atoms with Crippen LogP contribution in [0, 0.1) is 5.92 Å². The molecule has 3 nitrogen and oxygen atoms in total. The highest BCUT2D eigenvalue weighted by molar-refractivity contribution is 5.76. The van der Waals surface area contributed by atoms with Gasteiger partial charge in [-0.25, -0.2) is 0 Å². The van der Waals surface area contributed by atoms with Crippen LogP contribution >= 0.6 is 0 Å². The van der Waals surface area contributed by atoms with Gasteiger partial charge < -0.3 is 11.1 Å². The van der Waals surface area contributed by atoms with Crippen molar-refractivity contribution in [2.75, 3.05) is 11.9 Å². The Bertz CT molecular complexity index is 361. The number of carbonyl (C=O) groups excluding carboxylic acids is 1. The van der Waals surface area contributed by atoms with E-state index < -0.39 is 0 Å². The molecule has 1 atom stereocenters. The van der Waals surface area contributed by atoms with E-state index in [1.54, 1.807) is 0 Å². The van der Waals surface area contributed by atoms with Crippen LogP contribution in [0.1, 0.15) is 32.3 Å². The number of rotatable bonds is 5. The third kappa shape index (κ3) is 3.57. The molecule has 0 radical (unpaired) electrons. The van der Waals surface area contributed by atoms with Crippen LogP contribution in [0.15, 0.2) is 24.3 Å². The highest BCUT2D eigenvalue weighted by Crippen LogP contribution is 2.18. The van der Waals surface area contributed by atoms with Crippen LogP contribution in [0.2, 0.25) is 0 Å². The first-order chi connectivity index (χ1) is 7.50. The van der Waals surface area contributed by atoms with Crippen molar-refractivity contribution in [3.63, 3.8) is 0 Å². The number of primary amides is 1. The molecular formula is C13H20N2O. The topological polar surface area (TPSA) is 55.1 Å². The van der Waals surface area contributed by atoms with E-state index in [-0.39, 0.29) is 11.8 Å². The van der Waals surface area contributed by atoms with Crippen molar-refractivity contribution in [1.29, 1.82) is 0 Å². The van der Waals surface area contributed by atoms with Crippen LogP contribution in [0.4, 0.5) is 5.69 Å². The summed E-state index contributed by atoms with van der Waals surface area (Å²) in [5, 5.41) is 3.22. The van der Waals surface area contributed by atoms with Crippen molar-refractivity contribution < 1.29 is 4.79 Å². The van der Waals surface area contributed by atoms with Gasteiger partial charge >= 0.3 is 0 Å². The number of hydrogen-bond acceptors (Lipinski definition) is 2. The zero-order valence-corrected chi connectivity index (χ0v) is 10.2. The summed E-state index contributed by atoms with van der Waals surface area (Å²) in [4.78, 5) is 10.9. The average molecular weight is 220 g/mol. The molecule has 0 aliphatic rings. The Morgan fingerprint density at radius 1 is 1.38 bits per heavy atom. The second-order valence-corrected chi connectivity index (χ2v) is 4.46. The first-order valence-corrected chi connectivity index (χ1v) is 5.64. The predicted molar refractivity (Wildman–Crippen MR) is 67.4 cm³/mol. The standard InChI is InChI=1S/C13H20N2O/c1-9(2)11-5-4-6-12(7-11)15-8-10(3)13(14)16/h4-7,9-10,15H,8H2,1-3H3,(H2,14,16). The SMILES string of the molecule is CC(CNc1cccc(C(C)C)c1)C(N)=O. The van der Waals surface area contributed by atoms with Crippen LogP contribution in [-0.4, -0.2) is 12.5 Å². The summed E-state index contributed by atoms with van der Waals surface area (Å²) in [6.45, 7) is 6.72. The zero-order chi connectivity index (χ0) is 12.1. The number of benzene rings is 1. The molecule has 1 rings (SSSR count). The van der Waals surface area contributed by atoms with Crippen molar-refractivity contribution in [3.05, 3.63) is 29.8 Å². The lowest BCUT2D eigenvalue weighted by atomic mass is 10.0. The third-order valence-corrected chi connectivity index (χ3v) is 2.65. The number of nitrogens with two attached hydrogens (primary N) is 1. The quantitative estimate of drug-likeness (QED) is 0.800. The van der Waals surface area contributed by atoms with E-state index in [0.717, 1.165) is 5.69 Å². The minimum atomic E-state index is -0.271. The maximum atomic E-state index is 10.9. The third-order valence-electron chi connectivity index (χ3n) is 2.65. The summed E-state index contributed by atoms with van der Waals surface area (Å²) in [5.41, 5.74) is 7.53. The number of amides is 1. The molecule has 0 saturated carbocycles. The Morgan fingerprint density at radius 3 is 2.62 bits per heavy atom. The van der Waals surface area contributed by atoms with Crippen LogP contribution < -0.4 is 11.1 Å². The van der Waals surface area contributed by atoms with Gasteiger partial charge in [-0.2, -0.15) is 0 Å². The molecule has 3 N–H and O–H groups in total. The van der Waals surface area contributed by atoms with E-state index in [9.17, 15) is 4.79 Å². The van der Waals surface area contributed by atoms with Gasteiger partial charge in [0, 0.05) is 12.2 Å². The van der Waals surface area contributed by atoms with Gasteiger partial charge in [-0.1, -0.05) is 32.9 Å². The van der Waals surface area contributed by atoms with Gasteiger partial charge in [0.2, 0.25) is 5.91 Å². The normalized spacial score (nSPS) is 12.5. The Hall–Kier alpha value is -1.51. The maximum Gasteiger partial charge on any atom is 0.222 e. The molecule has 16 heavy (non-hydrogen) atoms. The minimum absolute atomic E-state index is 0.150. The van der Waals surface area contributed by atoms with E-state index >= 15 is 0 Å². The molecular weight excluding hydrogens is 200 g/mol. The van der Waals surface area contributed by atoms with Gasteiger partial charge in [-0.15, -0.1) is 0 Å². The molecule has 0 aromatic heterocycles. The van der Waals surface area contributed by atoms with Crippen molar-refractivity contribution >= 4 is 11.6 Å². The minimum Gasteiger partial charge on any atom is -0.384 e. The molecule has 3 heteroatoms. The van der Waals surface area contributed by atoms with Gasteiger partial charge in [-0.3, -0.25) is 4.79 Å². The van der Waals surface area contributed by atoms with Gasteiger partial charge in [0.15, 0.2) is 0 Å². The van der Waals surface area contributed by atoms with Crippen LogP contribution in [0.3, 0.4) is 0 Å². The summed E-state index contributed by atoms with van der Waals surface area (Å²) < 4.78 is 0. The number of hydrogen-bond donors (Lipinski definition) is 2. The average Bonchev–Trinajstić information content (AvgIpc) is 2.26.